The van der Waals surface area contributed by atoms with Crippen molar-refractivity contribution in [3.63, 3.8) is 0 Å². The molecule has 0 aliphatic heterocycles. The Hall–Kier alpha value is -1.35. The van der Waals surface area contributed by atoms with Crippen LogP contribution in [-0.4, -0.2) is 19.0 Å². The average Bonchev–Trinajstić information content (AvgIpc) is 3.01. The Balaban J connectivity index is 1.69. The van der Waals surface area contributed by atoms with Crippen LogP contribution in [0.15, 0.2) is 24.3 Å². The lowest BCUT2D eigenvalue weighted by atomic mass is 9.95. The predicted molar refractivity (Wildman–Crippen MR) is 71.2 cm³/mol. The zero-order valence-electron chi connectivity index (χ0n) is 10.6. The number of aryl methyl sites for hydroxylation is 1. The van der Waals surface area contributed by atoms with E-state index in [1.165, 1.54) is 11.1 Å². The van der Waals surface area contributed by atoms with Gasteiger partial charge in [-0.2, -0.15) is 0 Å². The smallest absolute Gasteiger partial charge is 0.224 e. The van der Waals surface area contributed by atoms with E-state index < -0.39 is 0 Å². The molecule has 3 nitrogen and oxygen atoms in total. The summed E-state index contributed by atoms with van der Waals surface area (Å²) in [5, 5.41) is 3.01. The van der Waals surface area contributed by atoms with Crippen molar-refractivity contribution in [1.82, 2.24) is 5.32 Å². The number of benzene rings is 1. The number of carbonyl (C=O) groups excluding carboxylic acids is 1. The molecule has 0 saturated heterocycles. The van der Waals surface area contributed by atoms with Gasteiger partial charge in [-0.05, 0) is 43.4 Å². The molecule has 0 aromatic heterocycles. The number of amides is 1. The molecule has 0 bridgehead atoms. The standard InChI is InChI=1S/C15H20N2O/c16-8-3-9-17-14(18)13-10-15(13)7-6-11-4-1-2-5-12(11)15/h1-2,4-5,13H,3,6-10,16H2,(H,17,18). The molecule has 1 aromatic carbocycles. The highest BCUT2D eigenvalue weighted by Gasteiger charge is 2.61. The SMILES string of the molecule is NCCCNC(=O)C1CC12CCc1ccccc12. The van der Waals surface area contributed by atoms with Gasteiger partial charge in [0.2, 0.25) is 5.91 Å². The van der Waals surface area contributed by atoms with Crippen LogP contribution in [0.4, 0.5) is 0 Å². The summed E-state index contributed by atoms with van der Waals surface area (Å²) in [4.78, 5) is 12.1. The van der Waals surface area contributed by atoms with Gasteiger partial charge < -0.3 is 11.1 Å². The first-order valence-corrected chi connectivity index (χ1v) is 6.84. The van der Waals surface area contributed by atoms with Crippen molar-refractivity contribution in [2.45, 2.75) is 31.1 Å². The van der Waals surface area contributed by atoms with Crippen LogP contribution in [0.3, 0.4) is 0 Å². The fourth-order valence-electron chi connectivity index (χ4n) is 3.38. The molecule has 1 fully saturated rings. The van der Waals surface area contributed by atoms with Crippen molar-refractivity contribution in [2.24, 2.45) is 11.7 Å². The van der Waals surface area contributed by atoms with E-state index >= 15 is 0 Å². The molecule has 0 radical (unpaired) electrons. The Morgan fingerprint density at radius 3 is 3.11 bits per heavy atom. The molecule has 18 heavy (non-hydrogen) atoms. The number of hydrogen-bond acceptors (Lipinski definition) is 2. The minimum absolute atomic E-state index is 0.170. The molecule has 2 aliphatic rings. The lowest BCUT2D eigenvalue weighted by molar-refractivity contribution is -0.122. The van der Waals surface area contributed by atoms with Gasteiger partial charge in [0.15, 0.2) is 0 Å². The van der Waals surface area contributed by atoms with Gasteiger partial charge in [-0.25, -0.2) is 0 Å². The molecule has 3 rings (SSSR count). The fourth-order valence-corrected chi connectivity index (χ4v) is 3.38. The number of hydrogen-bond donors (Lipinski definition) is 2. The molecule has 1 aromatic rings. The molecule has 2 aliphatic carbocycles. The summed E-state index contributed by atoms with van der Waals surface area (Å²) in [6.07, 6.45) is 4.16. The highest BCUT2D eigenvalue weighted by Crippen LogP contribution is 2.61. The van der Waals surface area contributed by atoms with Crippen molar-refractivity contribution in [3.8, 4) is 0 Å². The average molecular weight is 244 g/mol. The topological polar surface area (TPSA) is 55.1 Å². The van der Waals surface area contributed by atoms with Gasteiger partial charge in [0.25, 0.3) is 0 Å². The maximum atomic E-state index is 12.1. The third-order valence-corrected chi connectivity index (χ3v) is 4.47. The third-order valence-electron chi connectivity index (χ3n) is 4.47. The zero-order valence-corrected chi connectivity index (χ0v) is 10.6. The van der Waals surface area contributed by atoms with Crippen molar-refractivity contribution < 1.29 is 4.79 Å². The summed E-state index contributed by atoms with van der Waals surface area (Å²) in [6, 6.07) is 8.59. The van der Waals surface area contributed by atoms with Crippen molar-refractivity contribution in [1.29, 1.82) is 0 Å². The second-order valence-electron chi connectivity index (χ2n) is 5.50. The first-order valence-electron chi connectivity index (χ1n) is 6.84. The molecule has 0 heterocycles. The Bertz CT molecular complexity index is 471. The second-order valence-corrected chi connectivity index (χ2v) is 5.50. The van der Waals surface area contributed by atoms with E-state index in [1.54, 1.807) is 0 Å². The Labute approximate surface area is 108 Å². The highest BCUT2D eigenvalue weighted by molar-refractivity contribution is 5.84. The maximum Gasteiger partial charge on any atom is 0.224 e. The Kier molecular flexibility index (Phi) is 2.86. The summed E-state index contributed by atoms with van der Waals surface area (Å²) >= 11 is 0. The number of fused-ring (bicyclic) bond motifs is 2. The summed E-state index contributed by atoms with van der Waals surface area (Å²) < 4.78 is 0. The van der Waals surface area contributed by atoms with E-state index in [-0.39, 0.29) is 17.2 Å². The van der Waals surface area contributed by atoms with Gasteiger partial charge in [0, 0.05) is 17.9 Å². The van der Waals surface area contributed by atoms with Crippen LogP contribution in [0.5, 0.6) is 0 Å². The quantitative estimate of drug-likeness (QED) is 0.786. The van der Waals surface area contributed by atoms with E-state index in [0.29, 0.717) is 13.1 Å². The maximum absolute atomic E-state index is 12.1. The predicted octanol–water partition coefficient (Wildman–Crippen LogP) is 1.36. The molecular formula is C15H20N2O. The summed E-state index contributed by atoms with van der Waals surface area (Å²) in [6.45, 7) is 1.35. The first-order chi connectivity index (χ1) is 8.78. The van der Waals surface area contributed by atoms with Crippen molar-refractivity contribution >= 4 is 5.91 Å². The molecule has 96 valence electrons. The molecule has 1 saturated carbocycles. The third kappa shape index (κ3) is 1.74. The lowest BCUT2D eigenvalue weighted by Gasteiger charge is -2.11. The Morgan fingerprint density at radius 2 is 2.28 bits per heavy atom. The van der Waals surface area contributed by atoms with Crippen molar-refractivity contribution in [3.05, 3.63) is 35.4 Å². The van der Waals surface area contributed by atoms with E-state index in [0.717, 1.165) is 25.7 Å². The Morgan fingerprint density at radius 1 is 1.44 bits per heavy atom. The lowest BCUT2D eigenvalue weighted by Crippen LogP contribution is -2.29. The van der Waals surface area contributed by atoms with Crippen LogP contribution in [0.2, 0.25) is 0 Å². The summed E-state index contributed by atoms with van der Waals surface area (Å²) in [5.41, 5.74) is 8.46. The molecule has 3 heteroatoms. The number of carbonyl (C=O) groups is 1. The molecule has 1 amide bonds. The van der Waals surface area contributed by atoms with Crippen LogP contribution in [0.1, 0.15) is 30.4 Å². The molecule has 3 N–H and O–H groups in total. The monoisotopic (exact) mass is 244 g/mol. The van der Waals surface area contributed by atoms with E-state index in [4.69, 9.17) is 5.73 Å². The molecule has 1 spiro atoms. The summed E-state index contributed by atoms with van der Waals surface area (Å²) in [5.74, 6) is 0.416. The number of rotatable bonds is 4. The van der Waals surface area contributed by atoms with Gasteiger partial charge >= 0.3 is 0 Å². The van der Waals surface area contributed by atoms with Crippen LogP contribution < -0.4 is 11.1 Å². The van der Waals surface area contributed by atoms with E-state index in [1.807, 2.05) is 0 Å². The minimum atomic E-state index is 0.170. The van der Waals surface area contributed by atoms with Gasteiger partial charge in [-0.15, -0.1) is 0 Å². The van der Waals surface area contributed by atoms with Gasteiger partial charge in [-0.3, -0.25) is 4.79 Å². The van der Waals surface area contributed by atoms with E-state index in [2.05, 4.69) is 29.6 Å². The minimum Gasteiger partial charge on any atom is -0.356 e. The van der Waals surface area contributed by atoms with Gasteiger partial charge in [0.05, 0.1) is 0 Å². The van der Waals surface area contributed by atoms with Gasteiger partial charge in [-0.1, -0.05) is 24.3 Å². The molecular weight excluding hydrogens is 224 g/mol. The highest BCUT2D eigenvalue weighted by atomic mass is 16.2. The van der Waals surface area contributed by atoms with Crippen LogP contribution >= 0.6 is 0 Å². The number of nitrogens with two attached hydrogens (primary N) is 1. The summed E-state index contributed by atoms with van der Waals surface area (Å²) in [7, 11) is 0. The zero-order chi connectivity index (χ0) is 12.6. The normalized spacial score (nSPS) is 28.2. The van der Waals surface area contributed by atoms with Crippen LogP contribution in [0.25, 0.3) is 0 Å². The number of nitrogens with one attached hydrogen (secondary N) is 1. The largest absolute Gasteiger partial charge is 0.356 e. The fraction of sp³-hybridized carbons (Fsp3) is 0.533. The van der Waals surface area contributed by atoms with Gasteiger partial charge in [0.1, 0.15) is 0 Å². The van der Waals surface area contributed by atoms with E-state index in [9.17, 15) is 4.79 Å². The van der Waals surface area contributed by atoms with Crippen molar-refractivity contribution in [2.75, 3.05) is 13.1 Å². The molecule has 2 unspecified atom stereocenters. The second kappa shape index (κ2) is 4.39. The van der Waals surface area contributed by atoms with Crippen LogP contribution in [0, 0.1) is 5.92 Å². The van der Waals surface area contributed by atoms with Crippen LogP contribution in [-0.2, 0) is 16.6 Å². The first kappa shape index (κ1) is 11.7. The molecule has 2 atom stereocenters.